The standard InChI is InChI=1S/C15H14N2O2S/c1-11(18)8-12-2-4-14(5-3-12)19-10-13-9-17-6-7-20-15(17)16-13/h2-7,9H,8,10H2,1H3. The van der Waals surface area contributed by atoms with Gasteiger partial charge in [-0.15, -0.1) is 11.3 Å². The molecule has 102 valence electrons. The van der Waals surface area contributed by atoms with Gasteiger partial charge < -0.3 is 4.74 Å². The molecule has 2 aromatic heterocycles. The van der Waals surface area contributed by atoms with E-state index >= 15 is 0 Å². The van der Waals surface area contributed by atoms with Crippen LogP contribution in [0.25, 0.3) is 4.96 Å². The second-order valence-corrected chi connectivity index (χ2v) is 5.51. The van der Waals surface area contributed by atoms with Crippen molar-refractivity contribution in [2.45, 2.75) is 20.0 Å². The lowest BCUT2D eigenvalue weighted by atomic mass is 10.1. The number of carbonyl (C=O) groups is 1. The second kappa shape index (κ2) is 5.46. The maximum Gasteiger partial charge on any atom is 0.193 e. The molecule has 0 aliphatic rings. The minimum Gasteiger partial charge on any atom is -0.487 e. The molecule has 3 rings (SSSR count). The van der Waals surface area contributed by atoms with Crippen LogP contribution in [0.4, 0.5) is 0 Å². The first-order valence-corrected chi connectivity index (χ1v) is 7.21. The quantitative estimate of drug-likeness (QED) is 0.724. The zero-order chi connectivity index (χ0) is 13.9. The van der Waals surface area contributed by atoms with Crippen molar-refractivity contribution in [1.29, 1.82) is 0 Å². The maximum atomic E-state index is 11.0. The Morgan fingerprint density at radius 2 is 2.15 bits per heavy atom. The fourth-order valence-electron chi connectivity index (χ4n) is 1.99. The fourth-order valence-corrected chi connectivity index (χ4v) is 2.71. The molecule has 4 nitrogen and oxygen atoms in total. The summed E-state index contributed by atoms with van der Waals surface area (Å²) >= 11 is 1.60. The summed E-state index contributed by atoms with van der Waals surface area (Å²) in [7, 11) is 0. The van der Waals surface area contributed by atoms with Gasteiger partial charge in [-0.3, -0.25) is 9.20 Å². The van der Waals surface area contributed by atoms with E-state index in [0.717, 1.165) is 22.0 Å². The molecule has 0 aliphatic heterocycles. The van der Waals surface area contributed by atoms with Gasteiger partial charge in [0, 0.05) is 24.2 Å². The number of hydrogen-bond acceptors (Lipinski definition) is 4. The van der Waals surface area contributed by atoms with Crippen LogP contribution in [0.2, 0.25) is 0 Å². The third-order valence-corrected chi connectivity index (χ3v) is 3.68. The van der Waals surface area contributed by atoms with E-state index in [9.17, 15) is 4.79 Å². The number of imidazole rings is 1. The number of nitrogens with zero attached hydrogens (tertiary/aromatic N) is 2. The smallest absolute Gasteiger partial charge is 0.193 e. The molecule has 0 amide bonds. The van der Waals surface area contributed by atoms with Crippen LogP contribution < -0.4 is 4.74 Å². The molecule has 0 N–H and O–H groups in total. The average Bonchev–Trinajstić information content (AvgIpc) is 2.98. The molecule has 3 aromatic rings. The summed E-state index contributed by atoms with van der Waals surface area (Å²) in [5.74, 6) is 0.949. The van der Waals surface area contributed by atoms with Crippen LogP contribution in [0.5, 0.6) is 5.75 Å². The summed E-state index contributed by atoms with van der Waals surface area (Å²) < 4.78 is 7.68. The Morgan fingerprint density at radius 3 is 2.85 bits per heavy atom. The molecule has 0 atom stereocenters. The van der Waals surface area contributed by atoms with Gasteiger partial charge in [-0.05, 0) is 24.6 Å². The van der Waals surface area contributed by atoms with Gasteiger partial charge in [0.2, 0.25) is 0 Å². The van der Waals surface area contributed by atoms with Crippen molar-refractivity contribution in [3.8, 4) is 5.75 Å². The van der Waals surface area contributed by atoms with Crippen LogP contribution >= 0.6 is 11.3 Å². The highest BCUT2D eigenvalue weighted by Gasteiger charge is 2.04. The van der Waals surface area contributed by atoms with Crippen molar-refractivity contribution >= 4 is 22.1 Å². The predicted octanol–water partition coefficient (Wildman–Crippen LogP) is 3.11. The van der Waals surface area contributed by atoms with Gasteiger partial charge in [-0.25, -0.2) is 4.98 Å². The third-order valence-electron chi connectivity index (χ3n) is 2.91. The van der Waals surface area contributed by atoms with Gasteiger partial charge >= 0.3 is 0 Å². The zero-order valence-electron chi connectivity index (χ0n) is 11.1. The van der Waals surface area contributed by atoms with E-state index in [1.807, 2.05) is 46.4 Å². The van der Waals surface area contributed by atoms with E-state index in [-0.39, 0.29) is 5.78 Å². The summed E-state index contributed by atoms with van der Waals surface area (Å²) in [6, 6.07) is 7.61. The number of ether oxygens (including phenoxy) is 1. The lowest BCUT2D eigenvalue weighted by molar-refractivity contribution is -0.116. The number of Topliss-reactive ketones (excluding diaryl/α,β-unsaturated/α-hetero) is 1. The van der Waals surface area contributed by atoms with Gasteiger partial charge in [0.1, 0.15) is 18.1 Å². The molecule has 5 heteroatoms. The first kappa shape index (κ1) is 12.9. The van der Waals surface area contributed by atoms with Crippen molar-refractivity contribution in [1.82, 2.24) is 9.38 Å². The van der Waals surface area contributed by atoms with Gasteiger partial charge in [0.25, 0.3) is 0 Å². The first-order valence-electron chi connectivity index (χ1n) is 6.33. The Kier molecular flexibility index (Phi) is 3.52. The van der Waals surface area contributed by atoms with Crippen molar-refractivity contribution in [3.63, 3.8) is 0 Å². The van der Waals surface area contributed by atoms with E-state index in [0.29, 0.717) is 13.0 Å². The van der Waals surface area contributed by atoms with E-state index < -0.39 is 0 Å². The highest BCUT2D eigenvalue weighted by atomic mass is 32.1. The molecular formula is C15H14N2O2S. The molecule has 0 saturated heterocycles. The zero-order valence-corrected chi connectivity index (χ0v) is 11.9. The van der Waals surface area contributed by atoms with Crippen LogP contribution in [0.15, 0.2) is 42.0 Å². The SMILES string of the molecule is CC(=O)Cc1ccc(OCc2cn3ccsc3n2)cc1. The van der Waals surface area contributed by atoms with E-state index in [4.69, 9.17) is 4.74 Å². The Balaban J connectivity index is 1.63. The van der Waals surface area contributed by atoms with Crippen molar-refractivity contribution in [2.24, 2.45) is 0 Å². The molecule has 0 spiro atoms. The van der Waals surface area contributed by atoms with Crippen LogP contribution in [0.1, 0.15) is 18.2 Å². The van der Waals surface area contributed by atoms with Crippen molar-refractivity contribution < 1.29 is 9.53 Å². The van der Waals surface area contributed by atoms with Crippen LogP contribution in [-0.4, -0.2) is 15.2 Å². The maximum absolute atomic E-state index is 11.0. The molecule has 0 unspecified atom stereocenters. The number of fused-ring (bicyclic) bond motifs is 1. The molecule has 0 radical (unpaired) electrons. The van der Waals surface area contributed by atoms with E-state index in [1.165, 1.54) is 0 Å². The molecular weight excluding hydrogens is 272 g/mol. The highest BCUT2D eigenvalue weighted by Crippen LogP contribution is 2.16. The summed E-state index contributed by atoms with van der Waals surface area (Å²) in [4.78, 5) is 16.5. The fraction of sp³-hybridized carbons (Fsp3) is 0.200. The first-order chi connectivity index (χ1) is 9.70. The summed E-state index contributed by atoms with van der Waals surface area (Å²) in [6.45, 7) is 2.04. The molecule has 1 aromatic carbocycles. The largest absolute Gasteiger partial charge is 0.487 e. The van der Waals surface area contributed by atoms with Crippen molar-refractivity contribution in [2.75, 3.05) is 0 Å². The van der Waals surface area contributed by atoms with Crippen LogP contribution in [-0.2, 0) is 17.8 Å². The summed E-state index contributed by atoms with van der Waals surface area (Å²) in [6.07, 6.45) is 4.42. The molecule has 0 saturated carbocycles. The van der Waals surface area contributed by atoms with Gasteiger partial charge in [0.15, 0.2) is 4.96 Å². The third kappa shape index (κ3) is 2.88. The Hall–Kier alpha value is -2.14. The van der Waals surface area contributed by atoms with Gasteiger partial charge in [-0.1, -0.05) is 12.1 Å². The number of aromatic nitrogens is 2. The Labute approximate surface area is 120 Å². The normalized spacial score (nSPS) is 10.8. The molecule has 0 fully saturated rings. The molecule has 0 aliphatic carbocycles. The number of benzene rings is 1. The van der Waals surface area contributed by atoms with Gasteiger partial charge in [-0.2, -0.15) is 0 Å². The topological polar surface area (TPSA) is 43.6 Å². The predicted molar refractivity (Wildman–Crippen MR) is 78.2 cm³/mol. The minimum atomic E-state index is 0.164. The molecule has 0 bridgehead atoms. The number of carbonyl (C=O) groups excluding carboxylic acids is 1. The lowest BCUT2D eigenvalue weighted by Crippen LogP contribution is -1.98. The minimum absolute atomic E-state index is 0.164. The Morgan fingerprint density at radius 1 is 1.35 bits per heavy atom. The highest BCUT2D eigenvalue weighted by molar-refractivity contribution is 7.15. The number of thiazole rings is 1. The number of rotatable bonds is 5. The second-order valence-electron chi connectivity index (χ2n) is 4.64. The lowest BCUT2D eigenvalue weighted by Gasteiger charge is -2.05. The van der Waals surface area contributed by atoms with Crippen LogP contribution in [0, 0.1) is 0 Å². The Bertz CT molecular complexity index is 699. The van der Waals surface area contributed by atoms with Crippen LogP contribution in [0.3, 0.4) is 0 Å². The van der Waals surface area contributed by atoms with Crippen molar-refractivity contribution in [3.05, 3.63) is 53.3 Å². The molecule has 2 heterocycles. The number of ketones is 1. The van der Waals surface area contributed by atoms with Gasteiger partial charge in [0.05, 0.1) is 5.69 Å². The number of hydrogen-bond donors (Lipinski definition) is 0. The van der Waals surface area contributed by atoms with E-state index in [2.05, 4.69) is 4.98 Å². The monoisotopic (exact) mass is 286 g/mol. The summed E-state index contributed by atoms with van der Waals surface area (Å²) in [5.41, 5.74) is 1.91. The average molecular weight is 286 g/mol. The molecule has 20 heavy (non-hydrogen) atoms. The summed E-state index contributed by atoms with van der Waals surface area (Å²) in [5, 5.41) is 2.00. The van der Waals surface area contributed by atoms with E-state index in [1.54, 1.807) is 18.3 Å².